The standard InChI is InChI=1S/C49H31N7/c50-32-42-19-10-11-22-43(42)49-55-47(54-48(56-49)41-21-12-20-40(31-41)33-13-4-1-5-14-33)39-29-25-35(26-30-39)34-23-27-38(28-24-34)46-52-44(36-15-6-2-7-16-36)51-45(53-46)37-17-8-3-9-18-37/h1-31H. The van der Waals surface area contributed by atoms with Crippen LogP contribution in [0.15, 0.2) is 188 Å². The molecule has 7 nitrogen and oxygen atoms in total. The average molecular weight is 718 g/mol. The number of benzene rings is 7. The van der Waals surface area contributed by atoms with Gasteiger partial charge in [-0.2, -0.15) is 5.26 Å². The number of hydrogen-bond donors (Lipinski definition) is 0. The third-order valence-electron chi connectivity index (χ3n) is 9.47. The molecule has 0 unspecified atom stereocenters. The molecule has 0 fully saturated rings. The van der Waals surface area contributed by atoms with Crippen molar-refractivity contribution < 1.29 is 0 Å². The minimum Gasteiger partial charge on any atom is -0.208 e. The monoisotopic (exact) mass is 717 g/mol. The summed E-state index contributed by atoms with van der Waals surface area (Å²) in [6.07, 6.45) is 0. The molecule has 0 aliphatic rings. The van der Waals surface area contributed by atoms with Crippen LogP contribution in [0.1, 0.15) is 5.56 Å². The van der Waals surface area contributed by atoms with Gasteiger partial charge < -0.3 is 0 Å². The van der Waals surface area contributed by atoms with Gasteiger partial charge in [0, 0.05) is 33.4 Å². The van der Waals surface area contributed by atoms with E-state index in [4.69, 9.17) is 29.9 Å². The topological polar surface area (TPSA) is 101 Å². The molecule has 0 N–H and O–H groups in total. The summed E-state index contributed by atoms with van der Waals surface area (Å²) in [6, 6.07) is 64.4. The van der Waals surface area contributed by atoms with Gasteiger partial charge in [-0.15, -0.1) is 0 Å². The Balaban J connectivity index is 1.05. The van der Waals surface area contributed by atoms with Crippen LogP contribution in [0.5, 0.6) is 0 Å². The second-order valence-corrected chi connectivity index (χ2v) is 13.1. The van der Waals surface area contributed by atoms with Crippen LogP contribution in [-0.2, 0) is 0 Å². The molecular formula is C49H31N7. The Morgan fingerprint density at radius 1 is 0.268 bits per heavy atom. The van der Waals surface area contributed by atoms with Gasteiger partial charge in [-0.25, -0.2) is 29.9 Å². The second-order valence-electron chi connectivity index (χ2n) is 13.1. The smallest absolute Gasteiger partial charge is 0.165 e. The Morgan fingerprint density at radius 2 is 0.589 bits per heavy atom. The number of nitrogens with zero attached hydrogens (tertiary/aromatic N) is 7. The van der Waals surface area contributed by atoms with Crippen LogP contribution >= 0.6 is 0 Å². The molecule has 0 aliphatic carbocycles. The maximum absolute atomic E-state index is 9.92. The van der Waals surface area contributed by atoms with Crippen molar-refractivity contribution >= 4 is 0 Å². The van der Waals surface area contributed by atoms with E-state index in [1.807, 2.05) is 133 Å². The third kappa shape index (κ3) is 7.06. The SMILES string of the molecule is N#Cc1ccccc1-c1nc(-c2ccc(-c3ccc(-c4nc(-c5ccccc5)nc(-c5ccccc5)n4)cc3)cc2)nc(-c2cccc(-c3ccccc3)c2)n1. The number of nitriles is 1. The van der Waals surface area contributed by atoms with Crippen molar-refractivity contribution in [2.45, 2.75) is 0 Å². The van der Waals surface area contributed by atoms with E-state index in [2.05, 4.69) is 54.6 Å². The fraction of sp³-hybridized carbons (Fsp3) is 0. The summed E-state index contributed by atoms with van der Waals surface area (Å²) in [6.45, 7) is 0. The van der Waals surface area contributed by atoms with E-state index in [0.29, 0.717) is 46.1 Å². The summed E-state index contributed by atoms with van der Waals surface area (Å²) >= 11 is 0. The van der Waals surface area contributed by atoms with Gasteiger partial charge in [-0.05, 0) is 40.5 Å². The Labute approximate surface area is 324 Å². The first-order chi connectivity index (χ1) is 27.7. The van der Waals surface area contributed by atoms with Gasteiger partial charge in [0.25, 0.3) is 0 Å². The lowest BCUT2D eigenvalue weighted by atomic mass is 10.0. The Morgan fingerprint density at radius 3 is 1.07 bits per heavy atom. The van der Waals surface area contributed by atoms with Gasteiger partial charge in [0.2, 0.25) is 0 Å². The molecule has 7 aromatic carbocycles. The highest BCUT2D eigenvalue weighted by atomic mass is 15.0. The lowest BCUT2D eigenvalue weighted by Crippen LogP contribution is -2.01. The number of aromatic nitrogens is 6. The van der Waals surface area contributed by atoms with Gasteiger partial charge in [-0.3, -0.25) is 0 Å². The normalized spacial score (nSPS) is 10.8. The largest absolute Gasteiger partial charge is 0.208 e. The predicted molar refractivity (Wildman–Crippen MR) is 221 cm³/mol. The first-order valence-corrected chi connectivity index (χ1v) is 18.2. The lowest BCUT2D eigenvalue weighted by Gasteiger charge is -2.11. The maximum Gasteiger partial charge on any atom is 0.165 e. The van der Waals surface area contributed by atoms with Gasteiger partial charge in [0.05, 0.1) is 11.6 Å². The van der Waals surface area contributed by atoms with Crippen LogP contribution in [0.2, 0.25) is 0 Å². The number of hydrogen-bond acceptors (Lipinski definition) is 7. The molecule has 0 atom stereocenters. The zero-order valence-electron chi connectivity index (χ0n) is 30.0. The van der Waals surface area contributed by atoms with E-state index in [0.717, 1.165) is 50.1 Å². The first-order valence-electron chi connectivity index (χ1n) is 18.2. The molecule has 0 saturated heterocycles. The number of rotatable bonds is 8. The molecule has 9 rings (SSSR count). The second kappa shape index (κ2) is 15.2. The van der Waals surface area contributed by atoms with Crippen LogP contribution in [0.25, 0.3) is 90.6 Å². The molecule has 0 spiro atoms. The maximum atomic E-state index is 9.92. The van der Waals surface area contributed by atoms with Crippen molar-refractivity contribution in [2.24, 2.45) is 0 Å². The Kier molecular flexibility index (Phi) is 9.18. The summed E-state index contributed by atoms with van der Waals surface area (Å²) < 4.78 is 0. The minimum atomic E-state index is 0.441. The molecule has 56 heavy (non-hydrogen) atoms. The highest BCUT2D eigenvalue weighted by Gasteiger charge is 2.16. The van der Waals surface area contributed by atoms with E-state index in [1.54, 1.807) is 6.07 Å². The summed E-state index contributed by atoms with van der Waals surface area (Å²) in [4.78, 5) is 29.3. The van der Waals surface area contributed by atoms with Crippen molar-refractivity contribution in [1.82, 2.24) is 29.9 Å². The van der Waals surface area contributed by atoms with Crippen molar-refractivity contribution in [3.63, 3.8) is 0 Å². The quantitative estimate of drug-likeness (QED) is 0.154. The van der Waals surface area contributed by atoms with Gasteiger partial charge in [-0.1, -0.05) is 170 Å². The molecule has 262 valence electrons. The first kappa shape index (κ1) is 33.9. The van der Waals surface area contributed by atoms with Crippen LogP contribution in [-0.4, -0.2) is 29.9 Å². The fourth-order valence-corrected chi connectivity index (χ4v) is 6.56. The third-order valence-corrected chi connectivity index (χ3v) is 9.47. The summed E-state index contributed by atoms with van der Waals surface area (Å²) in [5.74, 6) is 3.34. The molecule has 9 aromatic rings. The molecule has 2 aromatic heterocycles. The van der Waals surface area contributed by atoms with Gasteiger partial charge in [0.15, 0.2) is 34.9 Å². The van der Waals surface area contributed by atoms with E-state index in [1.165, 1.54) is 0 Å². The zero-order chi connectivity index (χ0) is 37.7. The highest BCUT2D eigenvalue weighted by Crippen LogP contribution is 2.31. The van der Waals surface area contributed by atoms with Crippen molar-refractivity contribution in [2.75, 3.05) is 0 Å². The summed E-state index contributed by atoms with van der Waals surface area (Å²) in [5, 5.41) is 9.92. The molecular weight excluding hydrogens is 687 g/mol. The average Bonchev–Trinajstić information content (AvgIpc) is 3.29. The summed E-state index contributed by atoms with van der Waals surface area (Å²) in [5.41, 5.74) is 9.81. The van der Waals surface area contributed by atoms with E-state index in [9.17, 15) is 5.26 Å². The van der Waals surface area contributed by atoms with Gasteiger partial charge >= 0.3 is 0 Å². The molecule has 0 aliphatic heterocycles. The highest BCUT2D eigenvalue weighted by molar-refractivity contribution is 5.76. The fourth-order valence-electron chi connectivity index (χ4n) is 6.56. The van der Waals surface area contributed by atoms with Gasteiger partial charge in [0.1, 0.15) is 0 Å². The van der Waals surface area contributed by atoms with Crippen molar-refractivity contribution in [3.8, 4) is 96.7 Å². The molecule has 0 saturated carbocycles. The molecule has 2 heterocycles. The van der Waals surface area contributed by atoms with Crippen LogP contribution in [0.3, 0.4) is 0 Å². The minimum absolute atomic E-state index is 0.441. The van der Waals surface area contributed by atoms with Crippen molar-refractivity contribution in [1.29, 1.82) is 5.26 Å². The van der Waals surface area contributed by atoms with Crippen LogP contribution in [0, 0.1) is 11.3 Å². The Bertz CT molecular complexity index is 2780. The zero-order valence-corrected chi connectivity index (χ0v) is 30.0. The molecule has 0 radical (unpaired) electrons. The summed E-state index contributed by atoms with van der Waals surface area (Å²) in [7, 11) is 0. The lowest BCUT2D eigenvalue weighted by molar-refractivity contribution is 1.07. The van der Waals surface area contributed by atoms with E-state index >= 15 is 0 Å². The molecule has 0 bridgehead atoms. The molecule has 7 heteroatoms. The van der Waals surface area contributed by atoms with Crippen LogP contribution in [0.4, 0.5) is 0 Å². The Hall–Kier alpha value is -7.95. The van der Waals surface area contributed by atoms with Crippen molar-refractivity contribution in [3.05, 3.63) is 194 Å². The van der Waals surface area contributed by atoms with Crippen LogP contribution < -0.4 is 0 Å². The molecule has 0 amide bonds. The predicted octanol–water partition coefficient (Wildman–Crippen LogP) is 11.3. The van der Waals surface area contributed by atoms with E-state index in [-0.39, 0.29) is 0 Å². The van der Waals surface area contributed by atoms with E-state index < -0.39 is 0 Å².